The zero-order valence-electron chi connectivity index (χ0n) is 14.3. The minimum absolute atomic E-state index is 0.323. The second kappa shape index (κ2) is 5.23. The van der Waals surface area contributed by atoms with Crippen molar-refractivity contribution in [2.45, 2.75) is 57.5 Å². The molecule has 0 aliphatic heterocycles. The fourth-order valence-corrected chi connectivity index (χ4v) is 6.27. The van der Waals surface area contributed by atoms with Gasteiger partial charge in [0, 0.05) is 5.41 Å². The van der Waals surface area contributed by atoms with E-state index in [-0.39, 0.29) is 5.41 Å². The van der Waals surface area contributed by atoms with E-state index in [0.29, 0.717) is 35.8 Å². The molecule has 0 saturated heterocycles. The summed E-state index contributed by atoms with van der Waals surface area (Å²) in [6.07, 6.45) is 5.81. The Bertz CT molecular complexity index is 733. The van der Waals surface area contributed by atoms with Crippen molar-refractivity contribution in [3.63, 3.8) is 0 Å². The lowest BCUT2D eigenvalue weighted by Gasteiger charge is -2.54. The first-order chi connectivity index (χ1) is 11.4. The van der Waals surface area contributed by atoms with E-state index in [0.717, 1.165) is 25.7 Å². The smallest absolute Gasteiger partial charge is 0.133 e. The summed E-state index contributed by atoms with van der Waals surface area (Å²) in [7, 11) is 0. The molecular weight excluding hydrogens is 303 g/mol. The second-order valence-electron chi connectivity index (χ2n) is 8.43. The van der Waals surface area contributed by atoms with Crippen LogP contribution < -0.4 is 0 Å². The Morgan fingerprint density at radius 2 is 2.04 bits per heavy atom. The van der Waals surface area contributed by atoms with Gasteiger partial charge in [-0.25, -0.2) is 0 Å². The van der Waals surface area contributed by atoms with Crippen LogP contribution in [-0.4, -0.2) is 15.8 Å². The van der Waals surface area contributed by atoms with Crippen molar-refractivity contribution >= 4 is 0 Å². The molecule has 128 valence electrons. The predicted octanol–water partition coefficient (Wildman–Crippen LogP) is 4.16. The van der Waals surface area contributed by atoms with Crippen LogP contribution in [0.2, 0.25) is 0 Å². The van der Waals surface area contributed by atoms with Gasteiger partial charge in [0.1, 0.15) is 17.5 Å². The predicted molar refractivity (Wildman–Crippen MR) is 91.1 cm³/mol. The van der Waals surface area contributed by atoms with E-state index in [1.807, 2.05) is 6.07 Å². The van der Waals surface area contributed by atoms with Gasteiger partial charge in [-0.15, -0.1) is 4.39 Å². The lowest BCUT2D eigenvalue weighted by atomic mass is 9.51. The summed E-state index contributed by atoms with van der Waals surface area (Å²) in [6.45, 7) is 4.40. The Morgan fingerprint density at radius 1 is 1.25 bits per heavy atom. The summed E-state index contributed by atoms with van der Waals surface area (Å²) >= 11 is 0. The van der Waals surface area contributed by atoms with Crippen LogP contribution in [0.3, 0.4) is 0 Å². The first-order valence-corrected chi connectivity index (χ1v) is 9.06. The molecule has 0 amide bonds. The van der Waals surface area contributed by atoms with Crippen molar-refractivity contribution in [1.82, 2.24) is 0 Å². The third-order valence-corrected chi connectivity index (χ3v) is 7.46. The number of hydrogen-bond acceptors (Lipinski definition) is 2. The SMILES string of the molecule is C[C@@H]1Cc2cc(O)ccc2[C@H]2CC[C@@]3(C)[C@@H](CC[C@@]3(O)C#CF)[C@H]12. The fraction of sp³-hybridized carbons (Fsp3) is 0.619. The Balaban J connectivity index is 1.75. The minimum atomic E-state index is -1.19. The molecule has 2 fully saturated rings. The molecule has 1 aromatic rings. The molecule has 6 atom stereocenters. The summed E-state index contributed by atoms with van der Waals surface area (Å²) in [5.74, 6) is 4.69. The van der Waals surface area contributed by atoms with Crippen molar-refractivity contribution in [1.29, 1.82) is 0 Å². The van der Waals surface area contributed by atoms with Gasteiger partial charge in [-0.05, 0) is 85.0 Å². The van der Waals surface area contributed by atoms with E-state index in [1.165, 1.54) is 17.3 Å². The maximum atomic E-state index is 12.7. The van der Waals surface area contributed by atoms with Gasteiger partial charge in [0.05, 0.1) is 0 Å². The number of phenolic OH excluding ortho intramolecular Hbond substituents is 1. The van der Waals surface area contributed by atoms with Crippen LogP contribution >= 0.6 is 0 Å². The number of hydrogen-bond donors (Lipinski definition) is 2. The average molecular weight is 328 g/mol. The lowest BCUT2D eigenvalue weighted by molar-refractivity contribution is -0.0736. The molecule has 4 rings (SSSR count). The Labute approximate surface area is 143 Å². The maximum Gasteiger partial charge on any atom is 0.133 e. The van der Waals surface area contributed by atoms with Crippen LogP contribution in [-0.2, 0) is 6.42 Å². The Kier molecular flexibility index (Phi) is 3.48. The summed E-state index contributed by atoms with van der Waals surface area (Å²) < 4.78 is 12.7. The lowest BCUT2D eigenvalue weighted by Crippen LogP contribution is -2.51. The van der Waals surface area contributed by atoms with E-state index >= 15 is 0 Å². The van der Waals surface area contributed by atoms with Gasteiger partial charge in [-0.3, -0.25) is 0 Å². The molecule has 3 aliphatic carbocycles. The molecule has 0 heterocycles. The minimum Gasteiger partial charge on any atom is -0.508 e. The van der Waals surface area contributed by atoms with Crippen LogP contribution in [0.5, 0.6) is 5.75 Å². The monoisotopic (exact) mass is 328 g/mol. The van der Waals surface area contributed by atoms with Crippen LogP contribution in [0.15, 0.2) is 18.2 Å². The Morgan fingerprint density at radius 3 is 2.79 bits per heavy atom. The molecule has 0 radical (unpaired) electrons. The molecule has 2 nitrogen and oxygen atoms in total. The normalized spacial score (nSPS) is 43.2. The summed E-state index contributed by atoms with van der Waals surface area (Å²) in [5.41, 5.74) is 1.12. The number of fused-ring (bicyclic) bond motifs is 5. The second-order valence-corrected chi connectivity index (χ2v) is 8.43. The number of rotatable bonds is 0. The summed E-state index contributed by atoms with van der Waals surface area (Å²) in [5, 5.41) is 20.8. The molecule has 2 N–H and O–H groups in total. The quantitative estimate of drug-likeness (QED) is 0.702. The number of phenols is 1. The van der Waals surface area contributed by atoms with E-state index in [1.54, 1.807) is 6.07 Å². The third kappa shape index (κ3) is 1.99. The zero-order valence-corrected chi connectivity index (χ0v) is 14.3. The number of halogens is 1. The average Bonchev–Trinajstić information content (AvgIpc) is 2.79. The highest BCUT2D eigenvalue weighted by atomic mass is 19.1. The molecular formula is C21H25FO2. The standard InChI is InChI=1S/C21H25FO2/c1-13-11-14-12-15(23)3-4-16(14)17-5-7-20(2)18(19(13)17)6-8-21(20,24)9-10-22/h3-4,12-13,17-19,23-24H,5-8,11H2,1-2H3/t13-,17-,18+,19-,20+,21-/m1/s1. The first-order valence-electron chi connectivity index (χ1n) is 9.06. The highest BCUT2D eigenvalue weighted by molar-refractivity contribution is 5.41. The first kappa shape index (κ1) is 16.0. The van der Waals surface area contributed by atoms with Gasteiger partial charge in [-0.2, -0.15) is 0 Å². The molecule has 3 heteroatoms. The Hall–Kier alpha value is -1.53. The number of aliphatic hydroxyl groups is 1. The summed E-state index contributed by atoms with van der Waals surface area (Å²) in [4.78, 5) is 0. The largest absolute Gasteiger partial charge is 0.508 e. The van der Waals surface area contributed by atoms with Crippen molar-refractivity contribution in [3.8, 4) is 17.8 Å². The highest BCUT2D eigenvalue weighted by Crippen LogP contribution is 2.65. The van der Waals surface area contributed by atoms with Crippen molar-refractivity contribution in [3.05, 3.63) is 29.3 Å². The van der Waals surface area contributed by atoms with Crippen molar-refractivity contribution < 1.29 is 14.6 Å². The van der Waals surface area contributed by atoms with Crippen LogP contribution in [0.1, 0.15) is 56.6 Å². The van der Waals surface area contributed by atoms with Crippen molar-refractivity contribution in [2.24, 2.45) is 23.2 Å². The molecule has 2 saturated carbocycles. The van der Waals surface area contributed by atoms with E-state index in [2.05, 4.69) is 25.8 Å². The third-order valence-electron chi connectivity index (χ3n) is 7.46. The van der Waals surface area contributed by atoms with Crippen LogP contribution in [0, 0.1) is 35.3 Å². The molecule has 24 heavy (non-hydrogen) atoms. The number of benzene rings is 1. The molecule has 3 aliphatic rings. The van der Waals surface area contributed by atoms with Crippen LogP contribution in [0.4, 0.5) is 4.39 Å². The summed E-state index contributed by atoms with van der Waals surface area (Å²) in [6, 6.07) is 5.79. The zero-order chi connectivity index (χ0) is 17.1. The number of aromatic hydroxyl groups is 1. The van der Waals surface area contributed by atoms with Gasteiger partial charge in [0.2, 0.25) is 0 Å². The van der Waals surface area contributed by atoms with Gasteiger partial charge in [-0.1, -0.05) is 19.9 Å². The molecule has 0 bridgehead atoms. The molecule has 0 spiro atoms. The maximum absolute atomic E-state index is 12.7. The van der Waals surface area contributed by atoms with E-state index < -0.39 is 5.60 Å². The van der Waals surface area contributed by atoms with Gasteiger partial charge in [0.15, 0.2) is 0 Å². The van der Waals surface area contributed by atoms with Gasteiger partial charge < -0.3 is 10.2 Å². The molecule has 0 unspecified atom stereocenters. The van der Waals surface area contributed by atoms with E-state index in [9.17, 15) is 14.6 Å². The highest BCUT2D eigenvalue weighted by Gasteiger charge is 2.62. The van der Waals surface area contributed by atoms with Crippen LogP contribution in [0.25, 0.3) is 0 Å². The van der Waals surface area contributed by atoms with Crippen molar-refractivity contribution in [2.75, 3.05) is 0 Å². The topological polar surface area (TPSA) is 40.5 Å². The fourth-order valence-electron chi connectivity index (χ4n) is 6.27. The van der Waals surface area contributed by atoms with Gasteiger partial charge in [0.25, 0.3) is 0 Å². The molecule has 1 aromatic carbocycles. The van der Waals surface area contributed by atoms with E-state index in [4.69, 9.17) is 0 Å². The van der Waals surface area contributed by atoms with Gasteiger partial charge >= 0.3 is 0 Å². The molecule has 0 aromatic heterocycles.